The van der Waals surface area contributed by atoms with Gasteiger partial charge in [0, 0.05) is 5.02 Å². The van der Waals surface area contributed by atoms with Crippen LogP contribution in [0.2, 0.25) is 30.1 Å². The van der Waals surface area contributed by atoms with Crippen LogP contribution in [0.5, 0.6) is 11.5 Å². The molecule has 0 saturated carbocycles. The standard InChI is InChI=1S/C12H4Cl6O/c13-5-3-7(15)12(8(16)4-5)19-9-2-1-6(14)10(17)11(9)18/h1-4H. The molecule has 1 nitrogen and oxygen atoms in total. The molecule has 0 aliphatic carbocycles. The largest absolute Gasteiger partial charge is 0.453 e. The molecule has 0 aliphatic heterocycles. The zero-order valence-corrected chi connectivity index (χ0v) is 13.5. The Labute approximate surface area is 139 Å². The predicted molar refractivity (Wildman–Crippen MR) is 83.0 cm³/mol. The smallest absolute Gasteiger partial charge is 0.164 e. The average Bonchev–Trinajstić information content (AvgIpc) is 2.33. The van der Waals surface area contributed by atoms with Crippen LogP contribution in [0, 0.1) is 0 Å². The number of hydrogen-bond donors (Lipinski definition) is 0. The van der Waals surface area contributed by atoms with E-state index in [0.717, 1.165) is 0 Å². The van der Waals surface area contributed by atoms with E-state index in [2.05, 4.69) is 0 Å². The van der Waals surface area contributed by atoms with Gasteiger partial charge in [-0.1, -0.05) is 69.6 Å². The molecular formula is C12H4Cl6O. The molecule has 2 rings (SSSR count). The minimum Gasteiger partial charge on any atom is -0.453 e. The fourth-order valence-corrected chi connectivity index (χ4v) is 2.78. The second-order valence-electron chi connectivity index (χ2n) is 3.47. The molecule has 0 N–H and O–H groups in total. The summed E-state index contributed by atoms with van der Waals surface area (Å²) in [6.07, 6.45) is 0. The first kappa shape index (κ1) is 15.4. The lowest BCUT2D eigenvalue weighted by molar-refractivity contribution is 0.483. The SMILES string of the molecule is Clc1cc(Cl)c(Oc2ccc(Cl)c(Cl)c2Cl)c(Cl)c1. The highest BCUT2D eigenvalue weighted by Crippen LogP contribution is 2.43. The van der Waals surface area contributed by atoms with E-state index in [0.29, 0.717) is 15.8 Å². The van der Waals surface area contributed by atoms with E-state index in [-0.39, 0.29) is 25.8 Å². The van der Waals surface area contributed by atoms with Crippen LogP contribution in [0.1, 0.15) is 0 Å². The molecule has 0 fully saturated rings. The van der Waals surface area contributed by atoms with Gasteiger partial charge < -0.3 is 4.74 Å². The van der Waals surface area contributed by atoms with Gasteiger partial charge >= 0.3 is 0 Å². The van der Waals surface area contributed by atoms with Crippen molar-refractivity contribution >= 4 is 69.6 Å². The van der Waals surface area contributed by atoms with Gasteiger partial charge in [0.15, 0.2) is 5.75 Å². The zero-order valence-electron chi connectivity index (χ0n) is 8.99. The number of rotatable bonds is 2. The predicted octanol–water partition coefficient (Wildman–Crippen LogP) is 7.40. The van der Waals surface area contributed by atoms with Crippen molar-refractivity contribution in [3.8, 4) is 11.5 Å². The summed E-state index contributed by atoms with van der Waals surface area (Å²) in [6, 6.07) is 6.14. The zero-order chi connectivity index (χ0) is 14.2. The van der Waals surface area contributed by atoms with E-state index in [4.69, 9.17) is 74.3 Å². The number of ether oxygens (including phenoxy) is 1. The van der Waals surface area contributed by atoms with Crippen LogP contribution < -0.4 is 4.74 Å². The summed E-state index contributed by atoms with van der Waals surface area (Å²) in [5, 5.41) is 1.63. The number of halogens is 6. The van der Waals surface area contributed by atoms with Gasteiger partial charge in [-0.15, -0.1) is 0 Å². The Bertz CT molecular complexity index is 617. The highest BCUT2D eigenvalue weighted by Gasteiger charge is 2.15. The van der Waals surface area contributed by atoms with Crippen molar-refractivity contribution < 1.29 is 4.74 Å². The van der Waals surface area contributed by atoms with Crippen molar-refractivity contribution in [3.63, 3.8) is 0 Å². The van der Waals surface area contributed by atoms with Crippen molar-refractivity contribution in [2.75, 3.05) is 0 Å². The minimum atomic E-state index is 0.177. The molecule has 0 amide bonds. The summed E-state index contributed by atoms with van der Waals surface area (Å²) < 4.78 is 5.56. The summed E-state index contributed by atoms with van der Waals surface area (Å²) in [6.45, 7) is 0. The van der Waals surface area contributed by atoms with Crippen molar-refractivity contribution in [2.45, 2.75) is 0 Å². The highest BCUT2D eigenvalue weighted by atomic mass is 35.5. The van der Waals surface area contributed by atoms with Gasteiger partial charge in [0.05, 0.1) is 20.1 Å². The molecule has 0 aliphatic rings. The Balaban J connectivity index is 2.45. The Morgan fingerprint density at radius 2 is 1.26 bits per heavy atom. The first-order valence-corrected chi connectivity index (χ1v) is 7.13. The van der Waals surface area contributed by atoms with Gasteiger partial charge in [0.1, 0.15) is 10.8 Å². The van der Waals surface area contributed by atoms with Gasteiger partial charge in [-0.05, 0) is 24.3 Å². The van der Waals surface area contributed by atoms with E-state index in [1.165, 1.54) is 12.1 Å². The maximum absolute atomic E-state index is 6.03. The van der Waals surface area contributed by atoms with Crippen LogP contribution in [-0.2, 0) is 0 Å². The van der Waals surface area contributed by atoms with Crippen LogP contribution >= 0.6 is 69.6 Å². The monoisotopic (exact) mass is 374 g/mol. The van der Waals surface area contributed by atoms with Gasteiger partial charge in [-0.2, -0.15) is 0 Å². The molecule has 100 valence electrons. The second kappa shape index (κ2) is 6.17. The molecule has 0 unspecified atom stereocenters. The summed E-state index contributed by atoms with van der Waals surface area (Å²) in [5.74, 6) is 0.537. The lowest BCUT2D eigenvalue weighted by atomic mass is 10.3. The molecule has 2 aromatic rings. The molecule has 0 aromatic heterocycles. The van der Waals surface area contributed by atoms with E-state index >= 15 is 0 Å². The van der Waals surface area contributed by atoms with E-state index in [1.807, 2.05) is 0 Å². The van der Waals surface area contributed by atoms with Gasteiger partial charge in [-0.3, -0.25) is 0 Å². The Morgan fingerprint density at radius 3 is 1.84 bits per heavy atom. The molecule has 0 atom stereocenters. The number of hydrogen-bond acceptors (Lipinski definition) is 1. The van der Waals surface area contributed by atoms with E-state index < -0.39 is 0 Å². The molecule has 0 bridgehead atoms. The van der Waals surface area contributed by atoms with Gasteiger partial charge in [-0.25, -0.2) is 0 Å². The maximum atomic E-state index is 6.03. The highest BCUT2D eigenvalue weighted by molar-refractivity contribution is 6.48. The van der Waals surface area contributed by atoms with Crippen molar-refractivity contribution in [1.29, 1.82) is 0 Å². The Morgan fingerprint density at radius 1 is 0.684 bits per heavy atom. The lowest BCUT2D eigenvalue weighted by Crippen LogP contribution is -1.89. The number of benzene rings is 2. The fourth-order valence-electron chi connectivity index (χ4n) is 1.32. The van der Waals surface area contributed by atoms with Crippen LogP contribution in [0.4, 0.5) is 0 Å². The molecule has 0 spiro atoms. The Kier molecular flexibility index (Phi) is 4.99. The molecule has 19 heavy (non-hydrogen) atoms. The normalized spacial score (nSPS) is 10.6. The first-order chi connectivity index (χ1) is 8.90. The van der Waals surface area contributed by atoms with Crippen LogP contribution in [-0.4, -0.2) is 0 Å². The van der Waals surface area contributed by atoms with E-state index in [9.17, 15) is 0 Å². The summed E-state index contributed by atoms with van der Waals surface area (Å²) in [5.41, 5.74) is 0. The molecule has 2 aromatic carbocycles. The summed E-state index contributed by atoms with van der Waals surface area (Å²) in [4.78, 5) is 0. The molecule has 7 heteroatoms. The molecule has 0 saturated heterocycles. The maximum Gasteiger partial charge on any atom is 0.164 e. The lowest BCUT2D eigenvalue weighted by Gasteiger charge is -2.12. The third kappa shape index (κ3) is 3.36. The van der Waals surface area contributed by atoms with Crippen molar-refractivity contribution in [1.82, 2.24) is 0 Å². The summed E-state index contributed by atoms with van der Waals surface area (Å²) in [7, 11) is 0. The van der Waals surface area contributed by atoms with E-state index in [1.54, 1.807) is 12.1 Å². The quantitative estimate of drug-likeness (QED) is 0.496. The average molecular weight is 377 g/mol. The molecule has 0 radical (unpaired) electrons. The van der Waals surface area contributed by atoms with Gasteiger partial charge in [0.2, 0.25) is 0 Å². The molecule has 0 heterocycles. The molecular weight excluding hydrogens is 373 g/mol. The first-order valence-electron chi connectivity index (χ1n) is 4.86. The third-order valence-corrected chi connectivity index (χ3v) is 4.23. The topological polar surface area (TPSA) is 9.23 Å². The third-order valence-electron chi connectivity index (χ3n) is 2.17. The van der Waals surface area contributed by atoms with Crippen LogP contribution in [0.25, 0.3) is 0 Å². The second-order valence-corrected chi connectivity index (χ2v) is 5.89. The summed E-state index contributed by atoms with van der Waals surface area (Å²) >= 11 is 35.6. The van der Waals surface area contributed by atoms with Gasteiger partial charge in [0.25, 0.3) is 0 Å². The van der Waals surface area contributed by atoms with Crippen LogP contribution in [0.3, 0.4) is 0 Å². The Hall–Kier alpha value is -0.0200. The fraction of sp³-hybridized carbons (Fsp3) is 0. The minimum absolute atomic E-state index is 0.177. The van der Waals surface area contributed by atoms with Crippen molar-refractivity contribution in [3.05, 3.63) is 54.4 Å². The van der Waals surface area contributed by atoms with Crippen molar-refractivity contribution in [2.24, 2.45) is 0 Å². The van der Waals surface area contributed by atoms with Crippen LogP contribution in [0.15, 0.2) is 24.3 Å².